The Labute approximate surface area is 78.5 Å². The van der Waals surface area contributed by atoms with Crippen LogP contribution in [0.4, 0.5) is 4.39 Å². The van der Waals surface area contributed by atoms with Gasteiger partial charge in [0.1, 0.15) is 12.0 Å². The van der Waals surface area contributed by atoms with Crippen molar-refractivity contribution >= 4 is 6.72 Å². The number of aliphatic imine (C=N–C) groups is 1. The largest absolute Gasteiger partial charge is 0.353 e. The van der Waals surface area contributed by atoms with E-state index in [-0.39, 0.29) is 0 Å². The standard InChI is InChI=1S/C10H15FN2/c1-4-8(2)10(12-3)13-6-5-9(11)7-13/h4,9H,1,3,5-7H2,2H3/b10-8+. The van der Waals surface area contributed by atoms with Gasteiger partial charge in [-0.3, -0.25) is 0 Å². The Morgan fingerprint density at radius 1 is 1.69 bits per heavy atom. The number of allylic oxidation sites excluding steroid dienone is 2. The summed E-state index contributed by atoms with van der Waals surface area (Å²) in [6, 6.07) is 0. The first-order chi connectivity index (χ1) is 6.19. The molecule has 13 heavy (non-hydrogen) atoms. The van der Waals surface area contributed by atoms with Crippen molar-refractivity contribution in [3.8, 4) is 0 Å². The van der Waals surface area contributed by atoms with Gasteiger partial charge in [0.05, 0.1) is 6.54 Å². The highest BCUT2D eigenvalue weighted by atomic mass is 19.1. The average molecular weight is 182 g/mol. The van der Waals surface area contributed by atoms with Gasteiger partial charge >= 0.3 is 0 Å². The van der Waals surface area contributed by atoms with Gasteiger partial charge in [0, 0.05) is 6.54 Å². The third kappa shape index (κ3) is 2.17. The van der Waals surface area contributed by atoms with Gasteiger partial charge in [-0.1, -0.05) is 12.7 Å². The van der Waals surface area contributed by atoms with Crippen LogP contribution >= 0.6 is 0 Å². The first-order valence-corrected chi connectivity index (χ1v) is 4.38. The van der Waals surface area contributed by atoms with Gasteiger partial charge in [0.2, 0.25) is 0 Å². The molecule has 1 atom stereocenters. The molecule has 0 N–H and O–H groups in total. The molecule has 72 valence electrons. The van der Waals surface area contributed by atoms with Crippen molar-refractivity contribution in [1.82, 2.24) is 4.90 Å². The molecule has 1 rings (SSSR count). The Morgan fingerprint density at radius 3 is 2.77 bits per heavy atom. The van der Waals surface area contributed by atoms with Crippen LogP contribution in [0.3, 0.4) is 0 Å². The Kier molecular flexibility index (Phi) is 3.23. The molecule has 1 fully saturated rings. The highest BCUT2D eigenvalue weighted by Gasteiger charge is 2.23. The van der Waals surface area contributed by atoms with Crippen LogP contribution in [-0.2, 0) is 0 Å². The predicted molar refractivity (Wildman–Crippen MR) is 53.5 cm³/mol. The summed E-state index contributed by atoms with van der Waals surface area (Å²) in [6.45, 7) is 10.2. The Balaban J connectivity index is 2.79. The second kappa shape index (κ2) is 4.21. The number of hydrogen-bond donors (Lipinski definition) is 0. The molecule has 0 radical (unpaired) electrons. The van der Waals surface area contributed by atoms with Gasteiger partial charge in [-0.15, -0.1) is 0 Å². The van der Waals surface area contributed by atoms with Gasteiger partial charge in [0.15, 0.2) is 0 Å². The summed E-state index contributed by atoms with van der Waals surface area (Å²) in [4.78, 5) is 5.80. The zero-order valence-corrected chi connectivity index (χ0v) is 7.96. The molecular formula is C10H15FN2. The van der Waals surface area contributed by atoms with Crippen molar-refractivity contribution in [3.63, 3.8) is 0 Å². The molecule has 2 nitrogen and oxygen atoms in total. The van der Waals surface area contributed by atoms with Gasteiger partial charge < -0.3 is 4.90 Å². The van der Waals surface area contributed by atoms with E-state index in [1.807, 2.05) is 11.8 Å². The molecule has 1 saturated heterocycles. The molecule has 0 aliphatic carbocycles. The van der Waals surface area contributed by atoms with Crippen LogP contribution in [-0.4, -0.2) is 30.9 Å². The maximum absolute atomic E-state index is 12.9. The highest BCUT2D eigenvalue weighted by molar-refractivity contribution is 5.32. The topological polar surface area (TPSA) is 15.6 Å². The Hall–Kier alpha value is -1.12. The van der Waals surface area contributed by atoms with E-state index in [1.165, 1.54) is 0 Å². The van der Waals surface area contributed by atoms with Crippen LogP contribution in [0.2, 0.25) is 0 Å². The first-order valence-electron chi connectivity index (χ1n) is 4.38. The van der Waals surface area contributed by atoms with E-state index in [0.29, 0.717) is 13.0 Å². The fourth-order valence-corrected chi connectivity index (χ4v) is 1.48. The molecular weight excluding hydrogens is 167 g/mol. The summed E-state index contributed by atoms with van der Waals surface area (Å²) in [5.74, 6) is 0.759. The molecule has 0 aromatic heterocycles. The average Bonchev–Trinajstić information content (AvgIpc) is 2.53. The lowest BCUT2D eigenvalue weighted by Gasteiger charge is -2.18. The summed E-state index contributed by atoms with van der Waals surface area (Å²) in [5.41, 5.74) is 0.948. The van der Waals surface area contributed by atoms with Crippen LogP contribution in [0, 0.1) is 0 Å². The molecule has 3 heteroatoms. The van der Waals surface area contributed by atoms with Crippen molar-refractivity contribution in [2.24, 2.45) is 4.99 Å². The lowest BCUT2D eigenvalue weighted by Crippen LogP contribution is -2.20. The fourth-order valence-electron chi connectivity index (χ4n) is 1.48. The number of halogens is 1. The molecule has 0 amide bonds. The van der Waals surface area contributed by atoms with E-state index in [1.54, 1.807) is 6.08 Å². The Bertz CT molecular complexity index is 245. The van der Waals surface area contributed by atoms with Crippen LogP contribution < -0.4 is 0 Å². The summed E-state index contributed by atoms with van der Waals surface area (Å²) in [6.07, 6.45) is 1.58. The number of likely N-dealkylation sites (tertiary alicyclic amines) is 1. The van der Waals surface area contributed by atoms with Gasteiger partial charge in [0.25, 0.3) is 0 Å². The fraction of sp³-hybridized carbons (Fsp3) is 0.500. The lowest BCUT2D eigenvalue weighted by atomic mass is 10.3. The zero-order valence-electron chi connectivity index (χ0n) is 7.96. The monoisotopic (exact) mass is 182 g/mol. The van der Waals surface area contributed by atoms with E-state index in [9.17, 15) is 4.39 Å². The van der Waals surface area contributed by atoms with Gasteiger partial charge in [-0.25, -0.2) is 9.38 Å². The maximum Gasteiger partial charge on any atom is 0.130 e. The third-order valence-corrected chi connectivity index (χ3v) is 2.24. The highest BCUT2D eigenvalue weighted by Crippen LogP contribution is 2.20. The molecule has 0 bridgehead atoms. The first kappa shape index (κ1) is 9.96. The van der Waals surface area contributed by atoms with E-state index >= 15 is 0 Å². The van der Waals surface area contributed by atoms with Crippen LogP contribution in [0.25, 0.3) is 0 Å². The molecule has 0 saturated carbocycles. The van der Waals surface area contributed by atoms with E-state index in [0.717, 1.165) is 17.9 Å². The number of alkyl halides is 1. The predicted octanol–water partition coefficient (Wildman–Crippen LogP) is 2.15. The molecule has 1 heterocycles. The summed E-state index contributed by atoms with van der Waals surface area (Å²) < 4.78 is 12.9. The number of hydrogen-bond acceptors (Lipinski definition) is 2. The van der Waals surface area contributed by atoms with Crippen molar-refractivity contribution in [3.05, 3.63) is 24.0 Å². The smallest absolute Gasteiger partial charge is 0.130 e. The van der Waals surface area contributed by atoms with Gasteiger partial charge in [-0.2, -0.15) is 0 Å². The van der Waals surface area contributed by atoms with E-state index in [4.69, 9.17) is 0 Å². The van der Waals surface area contributed by atoms with E-state index in [2.05, 4.69) is 18.3 Å². The SMILES string of the molecule is C=C/C(C)=C(\N=C)N1CCC(F)C1. The molecule has 0 spiro atoms. The summed E-state index contributed by atoms with van der Waals surface area (Å²) >= 11 is 0. The summed E-state index contributed by atoms with van der Waals surface area (Å²) in [5, 5.41) is 0. The molecule has 1 aliphatic rings. The molecule has 0 aromatic rings. The molecule has 1 unspecified atom stereocenters. The van der Waals surface area contributed by atoms with Crippen molar-refractivity contribution in [2.45, 2.75) is 19.5 Å². The minimum Gasteiger partial charge on any atom is -0.353 e. The lowest BCUT2D eigenvalue weighted by molar-refractivity contribution is 0.322. The van der Waals surface area contributed by atoms with Crippen LogP contribution in [0.15, 0.2) is 29.0 Å². The Morgan fingerprint density at radius 2 is 2.38 bits per heavy atom. The van der Waals surface area contributed by atoms with Gasteiger partial charge in [-0.05, 0) is 25.6 Å². The number of rotatable bonds is 3. The van der Waals surface area contributed by atoms with E-state index < -0.39 is 6.17 Å². The zero-order chi connectivity index (χ0) is 9.84. The molecule has 1 aliphatic heterocycles. The second-order valence-corrected chi connectivity index (χ2v) is 3.20. The van der Waals surface area contributed by atoms with Crippen LogP contribution in [0.5, 0.6) is 0 Å². The van der Waals surface area contributed by atoms with Crippen molar-refractivity contribution < 1.29 is 4.39 Å². The third-order valence-electron chi connectivity index (χ3n) is 2.24. The number of nitrogens with zero attached hydrogens (tertiary/aromatic N) is 2. The van der Waals surface area contributed by atoms with Crippen molar-refractivity contribution in [2.75, 3.05) is 13.1 Å². The molecule has 0 aromatic carbocycles. The minimum absolute atomic E-state index is 0.430. The quantitative estimate of drug-likeness (QED) is 0.482. The minimum atomic E-state index is -0.727. The maximum atomic E-state index is 12.9. The van der Waals surface area contributed by atoms with Crippen molar-refractivity contribution in [1.29, 1.82) is 0 Å². The van der Waals surface area contributed by atoms with Crippen LogP contribution in [0.1, 0.15) is 13.3 Å². The second-order valence-electron chi connectivity index (χ2n) is 3.20. The normalized spacial score (nSPS) is 24.2. The summed E-state index contributed by atoms with van der Waals surface area (Å²) in [7, 11) is 0.